The Balaban J connectivity index is 2.09. The highest BCUT2D eigenvalue weighted by atomic mass is 16.5. The van der Waals surface area contributed by atoms with E-state index in [0.29, 0.717) is 30.1 Å². The van der Waals surface area contributed by atoms with Crippen molar-refractivity contribution in [1.29, 1.82) is 0 Å². The number of nitrogens with zero attached hydrogens (tertiary/aromatic N) is 1. The quantitative estimate of drug-likeness (QED) is 0.508. The van der Waals surface area contributed by atoms with Crippen molar-refractivity contribution in [2.75, 3.05) is 13.7 Å². The normalized spacial score (nSPS) is 23.3. The topological polar surface area (TPSA) is 65.0 Å². The molecule has 0 saturated heterocycles. The number of hydrogen-bond donors (Lipinski definition) is 0. The number of esters is 1. The largest absolute Gasteiger partial charge is 0.497 e. The van der Waals surface area contributed by atoms with Gasteiger partial charge in [-0.25, -0.2) is 0 Å². The van der Waals surface area contributed by atoms with Crippen molar-refractivity contribution < 1.29 is 19.1 Å². The summed E-state index contributed by atoms with van der Waals surface area (Å²) in [6, 6.07) is 7.62. The van der Waals surface area contributed by atoms with Gasteiger partial charge in [0.1, 0.15) is 11.7 Å². The number of aliphatic imine (C=N–C) groups is 1. The van der Waals surface area contributed by atoms with E-state index in [4.69, 9.17) is 14.5 Å². The molecular weight excluding hydrogens is 366 g/mol. The first kappa shape index (κ1) is 21.3. The minimum atomic E-state index is -0.595. The van der Waals surface area contributed by atoms with Crippen LogP contribution < -0.4 is 4.74 Å². The van der Waals surface area contributed by atoms with E-state index in [1.807, 2.05) is 31.2 Å². The third-order valence-electron chi connectivity index (χ3n) is 5.75. The zero-order chi connectivity index (χ0) is 21.2. The molecule has 0 saturated carbocycles. The van der Waals surface area contributed by atoms with Crippen LogP contribution in [0.15, 0.2) is 40.5 Å². The molecule has 1 heterocycles. The van der Waals surface area contributed by atoms with E-state index in [0.717, 1.165) is 30.5 Å². The van der Waals surface area contributed by atoms with Crippen molar-refractivity contribution in [1.82, 2.24) is 0 Å². The maximum atomic E-state index is 13.2. The summed E-state index contributed by atoms with van der Waals surface area (Å²) in [6.45, 7) is 8.49. The molecule has 0 N–H and O–H groups in total. The molecule has 2 aliphatic rings. The van der Waals surface area contributed by atoms with Gasteiger partial charge in [0, 0.05) is 29.3 Å². The summed E-state index contributed by atoms with van der Waals surface area (Å²) in [4.78, 5) is 31.0. The van der Waals surface area contributed by atoms with Crippen molar-refractivity contribution in [3.8, 4) is 5.75 Å². The van der Waals surface area contributed by atoms with Crippen LogP contribution >= 0.6 is 0 Å². The van der Waals surface area contributed by atoms with Crippen LogP contribution in [0.3, 0.4) is 0 Å². The zero-order valence-electron chi connectivity index (χ0n) is 18.1. The first-order chi connectivity index (χ1) is 13.8. The highest BCUT2D eigenvalue weighted by Crippen LogP contribution is 2.48. The number of benzene rings is 1. The van der Waals surface area contributed by atoms with Crippen LogP contribution in [-0.4, -0.2) is 31.2 Å². The first-order valence-electron chi connectivity index (χ1n) is 10.4. The molecule has 1 aromatic carbocycles. The minimum Gasteiger partial charge on any atom is -0.497 e. The number of rotatable bonds is 6. The summed E-state index contributed by atoms with van der Waals surface area (Å²) in [5.41, 5.74) is 2.95. The Morgan fingerprint density at radius 1 is 1.28 bits per heavy atom. The number of ketones is 1. The minimum absolute atomic E-state index is 0.0756. The molecule has 0 aromatic heterocycles. The third kappa shape index (κ3) is 4.44. The van der Waals surface area contributed by atoms with Crippen molar-refractivity contribution in [2.45, 2.75) is 59.3 Å². The van der Waals surface area contributed by atoms with Gasteiger partial charge in [0.15, 0.2) is 5.78 Å². The molecule has 0 amide bonds. The average molecular weight is 398 g/mol. The molecule has 3 rings (SSSR count). The van der Waals surface area contributed by atoms with Crippen molar-refractivity contribution >= 4 is 17.5 Å². The van der Waals surface area contributed by atoms with E-state index in [9.17, 15) is 9.59 Å². The van der Waals surface area contributed by atoms with Crippen LogP contribution in [0.4, 0.5) is 0 Å². The lowest BCUT2D eigenvalue weighted by Crippen LogP contribution is -2.39. The molecule has 5 nitrogen and oxygen atoms in total. The Bertz CT molecular complexity index is 865. The maximum absolute atomic E-state index is 13.2. The molecule has 156 valence electrons. The van der Waals surface area contributed by atoms with Crippen LogP contribution in [0.2, 0.25) is 0 Å². The van der Waals surface area contributed by atoms with Gasteiger partial charge in [-0.15, -0.1) is 0 Å². The van der Waals surface area contributed by atoms with E-state index in [-0.39, 0.29) is 17.2 Å². The van der Waals surface area contributed by atoms with Gasteiger partial charge in [-0.2, -0.15) is 0 Å². The molecule has 1 aliphatic heterocycles. The smallest absolute Gasteiger partial charge is 0.315 e. The second kappa shape index (κ2) is 8.52. The van der Waals surface area contributed by atoms with Crippen LogP contribution in [0.5, 0.6) is 5.75 Å². The molecule has 1 aromatic rings. The van der Waals surface area contributed by atoms with Crippen LogP contribution in [0.1, 0.15) is 64.9 Å². The molecule has 29 heavy (non-hydrogen) atoms. The first-order valence-corrected chi connectivity index (χ1v) is 10.4. The van der Waals surface area contributed by atoms with Crippen LogP contribution in [0, 0.1) is 11.3 Å². The van der Waals surface area contributed by atoms with Crippen molar-refractivity contribution in [2.24, 2.45) is 16.3 Å². The highest BCUT2D eigenvalue weighted by molar-refractivity contribution is 6.09. The summed E-state index contributed by atoms with van der Waals surface area (Å²) in [5.74, 6) is -0.520. The number of Topliss-reactive ketones (excluding diaryl/α,β-unsaturated/α-hetero) is 1. The van der Waals surface area contributed by atoms with Gasteiger partial charge in [-0.3, -0.25) is 14.6 Å². The van der Waals surface area contributed by atoms with Gasteiger partial charge < -0.3 is 9.47 Å². The Morgan fingerprint density at radius 3 is 2.72 bits per heavy atom. The van der Waals surface area contributed by atoms with E-state index in [1.54, 1.807) is 7.11 Å². The maximum Gasteiger partial charge on any atom is 0.315 e. The molecule has 0 radical (unpaired) electrons. The standard InChI is InChI=1S/C24H31NO4/c1-6-7-11-29-23(27)20-15(2)25-18-13-24(3,4)14-19(26)22(18)21(20)16-9-8-10-17(12-16)28-5/h8-10,12,20-21H,6-7,11,13-14H2,1-5H3/t20?,21-/m1/s1. The summed E-state index contributed by atoms with van der Waals surface area (Å²) in [7, 11) is 1.61. The molecule has 0 fully saturated rings. The number of ether oxygens (including phenoxy) is 2. The molecule has 2 atom stereocenters. The fourth-order valence-electron chi connectivity index (χ4n) is 4.35. The van der Waals surface area contributed by atoms with E-state index < -0.39 is 11.8 Å². The van der Waals surface area contributed by atoms with Crippen molar-refractivity contribution in [3.05, 3.63) is 41.1 Å². The molecule has 0 bridgehead atoms. The monoisotopic (exact) mass is 397 g/mol. The lowest BCUT2D eigenvalue weighted by atomic mass is 9.67. The summed E-state index contributed by atoms with van der Waals surface area (Å²) in [6.07, 6.45) is 2.95. The fourth-order valence-corrected chi connectivity index (χ4v) is 4.35. The number of carbonyl (C=O) groups excluding carboxylic acids is 2. The Labute approximate surface area is 173 Å². The van der Waals surface area contributed by atoms with Gasteiger partial charge in [0.2, 0.25) is 0 Å². The van der Waals surface area contributed by atoms with E-state index in [1.165, 1.54) is 0 Å². The number of allylic oxidation sites excluding steroid dienone is 2. The SMILES string of the molecule is CCCCOC(=O)C1C(C)=NC2=C(C(=O)CC(C)(C)C2)[C@@H]1c1cccc(OC)c1. The molecule has 1 aliphatic carbocycles. The average Bonchev–Trinajstić information content (AvgIpc) is 2.66. The Kier molecular flexibility index (Phi) is 6.25. The van der Waals surface area contributed by atoms with Gasteiger partial charge >= 0.3 is 5.97 Å². The van der Waals surface area contributed by atoms with Gasteiger partial charge in [0.25, 0.3) is 0 Å². The second-order valence-electron chi connectivity index (χ2n) is 8.81. The summed E-state index contributed by atoms with van der Waals surface area (Å²) in [5, 5.41) is 0. The second-order valence-corrected chi connectivity index (χ2v) is 8.81. The predicted molar refractivity (Wildman–Crippen MR) is 113 cm³/mol. The molecular formula is C24H31NO4. The van der Waals surface area contributed by atoms with E-state index in [2.05, 4.69) is 20.8 Å². The molecule has 0 spiro atoms. The van der Waals surface area contributed by atoms with Gasteiger partial charge in [-0.1, -0.05) is 39.3 Å². The fraction of sp³-hybridized carbons (Fsp3) is 0.542. The lowest BCUT2D eigenvalue weighted by molar-refractivity contribution is -0.146. The van der Waals surface area contributed by atoms with Crippen LogP contribution in [0.25, 0.3) is 0 Å². The van der Waals surface area contributed by atoms with Crippen molar-refractivity contribution in [3.63, 3.8) is 0 Å². The van der Waals surface area contributed by atoms with Gasteiger partial charge in [-0.05, 0) is 42.9 Å². The Morgan fingerprint density at radius 2 is 2.03 bits per heavy atom. The molecule has 1 unspecified atom stereocenters. The number of unbranched alkanes of at least 4 members (excludes halogenated alkanes) is 1. The number of carbonyl (C=O) groups is 2. The highest BCUT2D eigenvalue weighted by Gasteiger charge is 2.46. The van der Waals surface area contributed by atoms with Gasteiger partial charge in [0.05, 0.1) is 13.7 Å². The van der Waals surface area contributed by atoms with Crippen LogP contribution in [-0.2, 0) is 14.3 Å². The number of hydrogen-bond acceptors (Lipinski definition) is 5. The third-order valence-corrected chi connectivity index (χ3v) is 5.75. The molecule has 5 heteroatoms. The summed E-state index contributed by atoms with van der Waals surface area (Å²) < 4.78 is 11.0. The Hall–Kier alpha value is -2.43. The lowest BCUT2D eigenvalue weighted by Gasteiger charge is -2.39. The van der Waals surface area contributed by atoms with E-state index >= 15 is 0 Å². The summed E-state index contributed by atoms with van der Waals surface area (Å²) >= 11 is 0. The predicted octanol–water partition coefficient (Wildman–Crippen LogP) is 4.86. The zero-order valence-corrected chi connectivity index (χ0v) is 18.1. The number of methoxy groups -OCH3 is 1.